The maximum Gasteiger partial charge on any atom is 0.337 e. The molecule has 1 aliphatic heterocycles. The van der Waals surface area contributed by atoms with Crippen molar-refractivity contribution >= 4 is 17.6 Å². The zero-order valence-electron chi connectivity index (χ0n) is 20.5. The summed E-state index contributed by atoms with van der Waals surface area (Å²) in [6.07, 6.45) is 4.43. The zero-order valence-corrected chi connectivity index (χ0v) is 20.5. The van der Waals surface area contributed by atoms with Crippen LogP contribution in [-0.2, 0) is 25.7 Å². The van der Waals surface area contributed by atoms with Gasteiger partial charge in [-0.3, -0.25) is 10.1 Å². The van der Waals surface area contributed by atoms with Crippen LogP contribution >= 0.6 is 0 Å². The van der Waals surface area contributed by atoms with Gasteiger partial charge < -0.3 is 14.8 Å². The van der Waals surface area contributed by atoms with E-state index >= 15 is 0 Å². The Morgan fingerprint density at radius 2 is 1.53 bits per heavy atom. The molecule has 0 radical (unpaired) electrons. The summed E-state index contributed by atoms with van der Waals surface area (Å²) in [5.74, 6) is -2.23. The van der Waals surface area contributed by atoms with Crippen molar-refractivity contribution in [1.82, 2.24) is 5.32 Å². The Balaban J connectivity index is 1.73. The van der Waals surface area contributed by atoms with E-state index in [1.807, 2.05) is 30.3 Å². The highest BCUT2D eigenvalue weighted by molar-refractivity contribution is 6.00. The molecule has 1 fully saturated rings. The number of dihydropyridines is 1. The first-order chi connectivity index (χ1) is 17.4. The summed E-state index contributed by atoms with van der Waals surface area (Å²) in [4.78, 5) is 38.4. The average Bonchev–Trinajstić information content (AvgIpc) is 2.88. The maximum absolute atomic E-state index is 13.5. The molecular weight excluding hydrogens is 460 g/mol. The van der Waals surface area contributed by atoms with E-state index in [1.54, 1.807) is 32.0 Å². The van der Waals surface area contributed by atoms with Crippen molar-refractivity contribution in [2.24, 2.45) is 0 Å². The largest absolute Gasteiger partial charge is 0.459 e. The van der Waals surface area contributed by atoms with Gasteiger partial charge in [0.15, 0.2) is 0 Å². The number of esters is 2. The van der Waals surface area contributed by atoms with Crippen molar-refractivity contribution in [3.05, 3.63) is 98.4 Å². The van der Waals surface area contributed by atoms with E-state index in [9.17, 15) is 19.7 Å². The molecule has 8 nitrogen and oxygen atoms in total. The summed E-state index contributed by atoms with van der Waals surface area (Å²) in [5, 5.41) is 15.0. The van der Waals surface area contributed by atoms with Gasteiger partial charge >= 0.3 is 11.9 Å². The number of rotatable bonds is 7. The number of nitro groups is 1. The van der Waals surface area contributed by atoms with Crippen LogP contribution in [0.5, 0.6) is 0 Å². The Kier molecular flexibility index (Phi) is 7.83. The average molecular weight is 491 g/mol. The van der Waals surface area contributed by atoms with Gasteiger partial charge in [0.05, 0.1) is 22.0 Å². The second-order valence-electron chi connectivity index (χ2n) is 9.18. The van der Waals surface area contributed by atoms with Gasteiger partial charge in [0.2, 0.25) is 0 Å². The molecule has 1 N–H and O–H groups in total. The van der Waals surface area contributed by atoms with E-state index in [0.29, 0.717) is 11.4 Å². The number of nitrogens with one attached hydrogen (secondary N) is 1. The molecule has 0 saturated heterocycles. The molecule has 0 aromatic heterocycles. The Morgan fingerprint density at radius 3 is 2.19 bits per heavy atom. The molecule has 1 unspecified atom stereocenters. The van der Waals surface area contributed by atoms with Gasteiger partial charge in [0, 0.05) is 23.0 Å². The number of benzene rings is 2. The third kappa shape index (κ3) is 5.48. The molecule has 0 amide bonds. The van der Waals surface area contributed by atoms with E-state index in [1.165, 1.54) is 6.07 Å². The molecule has 36 heavy (non-hydrogen) atoms. The molecule has 1 atom stereocenters. The number of nitro benzene ring substituents is 1. The summed E-state index contributed by atoms with van der Waals surface area (Å²) in [5.41, 5.74) is 2.18. The van der Waals surface area contributed by atoms with Crippen molar-refractivity contribution in [3.63, 3.8) is 0 Å². The van der Waals surface area contributed by atoms with E-state index in [2.05, 4.69) is 5.32 Å². The number of allylic oxidation sites excluding steroid dienone is 2. The fraction of sp³-hybridized carbons (Fsp3) is 0.357. The lowest BCUT2D eigenvalue weighted by molar-refractivity contribution is -0.385. The van der Waals surface area contributed by atoms with Crippen molar-refractivity contribution in [2.75, 3.05) is 0 Å². The first-order valence-electron chi connectivity index (χ1n) is 12.2. The molecule has 1 heterocycles. The summed E-state index contributed by atoms with van der Waals surface area (Å²) < 4.78 is 11.5. The second kappa shape index (κ2) is 11.2. The Hall–Kier alpha value is -3.94. The Labute approximate surface area is 210 Å². The molecule has 0 bridgehead atoms. The Morgan fingerprint density at radius 1 is 0.917 bits per heavy atom. The third-order valence-corrected chi connectivity index (χ3v) is 6.68. The van der Waals surface area contributed by atoms with E-state index in [4.69, 9.17) is 9.47 Å². The molecule has 4 rings (SSSR count). The van der Waals surface area contributed by atoms with Gasteiger partial charge in [0.25, 0.3) is 5.69 Å². The van der Waals surface area contributed by atoms with Gasteiger partial charge in [-0.1, -0.05) is 55.0 Å². The molecule has 188 valence electrons. The van der Waals surface area contributed by atoms with Gasteiger partial charge in [-0.15, -0.1) is 0 Å². The van der Waals surface area contributed by atoms with Crippen LogP contribution in [0.3, 0.4) is 0 Å². The van der Waals surface area contributed by atoms with Gasteiger partial charge in [-0.05, 0) is 45.1 Å². The first-order valence-corrected chi connectivity index (χ1v) is 12.2. The number of hydrogen-bond donors (Lipinski definition) is 1. The molecule has 1 aliphatic carbocycles. The lowest BCUT2D eigenvalue weighted by Gasteiger charge is -2.31. The minimum absolute atomic E-state index is 0.0323. The van der Waals surface area contributed by atoms with Crippen molar-refractivity contribution in [1.29, 1.82) is 0 Å². The molecule has 2 aliphatic rings. The maximum atomic E-state index is 13.5. The van der Waals surface area contributed by atoms with Crippen LogP contribution in [0.1, 0.15) is 63.0 Å². The van der Waals surface area contributed by atoms with E-state index < -0.39 is 22.8 Å². The summed E-state index contributed by atoms with van der Waals surface area (Å²) >= 11 is 0. The predicted octanol–water partition coefficient (Wildman–Crippen LogP) is 5.45. The van der Waals surface area contributed by atoms with Gasteiger partial charge in [-0.2, -0.15) is 0 Å². The highest BCUT2D eigenvalue weighted by Gasteiger charge is 2.41. The molecular formula is C28H30N2O6. The highest BCUT2D eigenvalue weighted by atomic mass is 16.6. The first kappa shape index (κ1) is 25.2. The second-order valence-corrected chi connectivity index (χ2v) is 9.18. The van der Waals surface area contributed by atoms with Gasteiger partial charge in [0.1, 0.15) is 12.7 Å². The van der Waals surface area contributed by atoms with Crippen LogP contribution in [0.25, 0.3) is 0 Å². The minimum atomic E-state index is -1.01. The number of ether oxygens (including phenoxy) is 2. The SMILES string of the molecule is CC1=C(C(=O)OCc2ccccc2)C(c2ccccc2[N+](=O)[O-])C(C(=O)OC2CCCCC2)=C(C)N1. The van der Waals surface area contributed by atoms with E-state index in [0.717, 1.165) is 37.7 Å². The molecule has 2 aromatic carbocycles. The standard InChI is InChI=1S/C28H30N2O6/c1-18-24(27(31)35-17-20-11-5-3-6-12-20)26(22-15-9-10-16-23(22)30(33)34)25(19(2)29-18)28(32)36-21-13-7-4-8-14-21/h3,5-6,9-12,15-16,21,26,29H,4,7-8,13-14,17H2,1-2H3. The smallest absolute Gasteiger partial charge is 0.337 e. The number of nitrogens with zero attached hydrogens (tertiary/aromatic N) is 1. The van der Waals surface area contributed by atoms with Crippen LogP contribution in [0, 0.1) is 10.1 Å². The van der Waals surface area contributed by atoms with Crippen LogP contribution in [0.15, 0.2) is 77.1 Å². The lowest BCUT2D eigenvalue weighted by atomic mass is 9.79. The molecule has 8 heteroatoms. The minimum Gasteiger partial charge on any atom is -0.459 e. The number of hydrogen-bond acceptors (Lipinski definition) is 7. The quantitative estimate of drug-likeness (QED) is 0.312. The van der Waals surface area contributed by atoms with Crippen LogP contribution < -0.4 is 5.32 Å². The van der Waals surface area contributed by atoms with Crippen LogP contribution in [0.4, 0.5) is 5.69 Å². The lowest BCUT2D eigenvalue weighted by Crippen LogP contribution is -2.34. The summed E-state index contributed by atoms with van der Waals surface area (Å²) in [7, 11) is 0. The number of para-hydroxylation sites is 1. The topological polar surface area (TPSA) is 108 Å². The number of carbonyl (C=O) groups excluding carboxylic acids is 2. The van der Waals surface area contributed by atoms with Crippen LogP contribution in [0.2, 0.25) is 0 Å². The highest BCUT2D eigenvalue weighted by Crippen LogP contribution is 2.43. The molecule has 2 aromatic rings. The van der Waals surface area contributed by atoms with Crippen molar-refractivity contribution in [2.45, 2.75) is 64.6 Å². The fourth-order valence-electron chi connectivity index (χ4n) is 4.94. The number of carbonyl (C=O) groups is 2. The van der Waals surface area contributed by atoms with E-state index in [-0.39, 0.29) is 35.1 Å². The normalized spacial score (nSPS) is 18.4. The predicted molar refractivity (Wildman–Crippen MR) is 134 cm³/mol. The van der Waals surface area contributed by atoms with Crippen LogP contribution in [-0.4, -0.2) is 23.0 Å². The summed E-state index contributed by atoms with van der Waals surface area (Å²) in [6.45, 7) is 3.45. The molecule has 0 spiro atoms. The van der Waals surface area contributed by atoms with Gasteiger partial charge in [-0.25, -0.2) is 9.59 Å². The zero-order chi connectivity index (χ0) is 25.7. The van der Waals surface area contributed by atoms with Crippen molar-refractivity contribution < 1.29 is 24.0 Å². The van der Waals surface area contributed by atoms with Crippen molar-refractivity contribution in [3.8, 4) is 0 Å². The Bertz CT molecular complexity index is 1210. The molecule has 1 saturated carbocycles. The monoisotopic (exact) mass is 490 g/mol. The fourth-order valence-corrected chi connectivity index (χ4v) is 4.94. The summed E-state index contributed by atoms with van der Waals surface area (Å²) in [6, 6.07) is 15.4. The third-order valence-electron chi connectivity index (χ3n) is 6.68.